The van der Waals surface area contributed by atoms with Crippen molar-refractivity contribution in [1.29, 1.82) is 0 Å². The normalized spacial score (nSPS) is 10.2. The van der Waals surface area contributed by atoms with Crippen molar-refractivity contribution in [3.8, 4) is 11.5 Å². The summed E-state index contributed by atoms with van der Waals surface area (Å²) in [4.78, 5) is 12.0. The van der Waals surface area contributed by atoms with Crippen LogP contribution in [0.4, 0.5) is 5.69 Å². The molecule has 0 fully saturated rings. The highest BCUT2D eigenvalue weighted by molar-refractivity contribution is 9.10. The first-order valence-electron chi connectivity index (χ1n) is 7.47. The maximum atomic E-state index is 12.0. The topological polar surface area (TPSA) is 47.6 Å². The standard InChI is InChI=1S/C18H20BrNO3/c1-3-23-16-10-4-13(12-17(16)22-2)5-11-18(21)20-15-8-6-14(19)7-9-15/h4,6-10,12H,3,5,11H2,1-2H3,(H,20,21). The first kappa shape index (κ1) is 17.3. The van der Waals surface area contributed by atoms with Crippen LogP contribution in [0.25, 0.3) is 0 Å². The van der Waals surface area contributed by atoms with Crippen LogP contribution in [0.1, 0.15) is 18.9 Å². The molecule has 2 aromatic carbocycles. The minimum atomic E-state index is -0.0137. The van der Waals surface area contributed by atoms with Crippen LogP contribution in [0.15, 0.2) is 46.9 Å². The Morgan fingerprint density at radius 1 is 1.13 bits per heavy atom. The zero-order chi connectivity index (χ0) is 16.7. The molecule has 0 heterocycles. The second kappa shape index (κ2) is 8.58. The highest BCUT2D eigenvalue weighted by Gasteiger charge is 2.08. The van der Waals surface area contributed by atoms with Gasteiger partial charge in [0.2, 0.25) is 5.91 Å². The quantitative estimate of drug-likeness (QED) is 0.776. The van der Waals surface area contributed by atoms with E-state index in [1.165, 1.54) is 0 Å². The van der Waals surface area contributed by atoms with Crippen LogP contribution in [0, 0.1) is 0 Å². The Morgan fingerprint density at radius 2 is 1.87 bits per heavy atom. The molecular weight excluding hydrogens is 358 g/mol. The van der Waals surface area contributed by atoms with Crippen molar-refractivity contribution in [3.05, 3.63) is 52.5 Å². The number of rotatable bonds is 7. The molecule has 23 heavy (non-hydrogen) atoms. The van der Waals surface area contributed by atoms with Gasteiger partial charge < -0.3 is 14.8 Å². The maximum absolute atomic E-state index is 12.0. The first-order valence-corrected chi connectivity index (χ1v) is 8.26. The van der Waals surface area contributed by atoms with Crippen molar-refractivity contribution < 1.29 is 14.3 Å². The molecule has 0 unspecified atom stereocenters. The fourth-order valence-electron chi connectivity index (χ4n) is 2.16. The highest BCUT2D eigenvalue weighted by atomic mass is 79.9. The van der Waals surface area contributed by atoms with E-state index in [4.69, 9.17) is 9.47 Å². The third kappa shape index (κ3) is 5.28. The lowest BCUT2D eigenvalue weighted by Crippen LogP contribution is -2.12. The third-order valence-corrected chi connectivity index (χ3v) is 3.83. The number of nitrogens with one attached hydrogen (secondary N) is 1. The van der Waals surface area contributed by atoms with Crippen LogP contribution in [0.2, 0.25) is 0 Å². The van der Waals surface area contributed by atoms with Gasteiger partial charge in [-0.3, -0.25) is 4.79 Å². The van der Waals surface area contributed by atoms with Crippen molar-refractivity contribution in [2.45, 2.75) is 19.8 Å². The molecule has 0 radical (unpaired) electrons. The van der Waals surface area contributed by atoms with Gasteiger partial charge >= 0.3 is 0 Å². The summed E-state index contributed by atoms with van der Waals surface area (Å²) in [5.41, 5.74) is 1.83. The number of aryl methyl sites for hydroxylation is 1. The molecule has 0 atom stereocenters. The van der Waals surface area contributed by atoms with Crippen LogP contribution in [-0.2, 0) is 11.2 Å². The zero-order valence-electron chi connectivity index (χ0n) is 13.3. The molecule has 1 amide bonds. The summed E-state index contributed by atoms with van der Waals surface area (Å²) >= 11 is 3.37. The van der Waals surface area contributed by atoms with Crippen LogP contribution in [-0.4, -0.2) is 19.6 Å². The molecule has 0 spiro atoms. The molecular formula is C18H20BrNO3. The number of ether oxygens (including phenoxy) is 2. The zero-order valence-corrected chi connectivity index (χ0v) is 14.9. The minimum absolute atomic E-state index is 0.0137. The van der Waals surface area contributed by atoms with Crippen LogP contribution < -0.4 is 14.8 Å². The lowest BCUT2D eigenvalue weighted by atomic mass is 10.1. The Bertz CT molecular complexity index is 656. The summed E-state index contributed by atoms with van der Waals surface area (Å²) in [6, 6.07) is 13.3. The largest absolute Gasteiger partial charge is 0.493 e. The molecule has 0 saturated heterocycles. The Hall–Kier alpha value is -2.01. The van der Waals surface area contributed by atoms with Gasteiger partial charge in [0.15, 0.2) is 11.5 Å². The van der Waals surface area contributed by atoms with Gasteiger partial charge in [0.05, 0.1) is 13.7 Å². The van der Waals surface area contributed by atoms with E-state index in [0.717, 1.165) is 21.5 Å². The second-order valence-corrected chi connectivity index (χ2v) is 5.89. The molecule has 0 aromatic heterocycles. The summed E-state index contributed by atoms with van der Waals surface area (Å²) in [5.74, 6) is 1.40. The number of hydrogen-bond donors (Lipinski definition) is 1. The van der Waals surface area contributed by atoms with Crippen molar-refractivity contribution >= 4 is 27.5 Å². The molecule has 0 aliphatic carbocycles. The summed E-state index contributed by atoms with van der Waals surface area (Å²) in [6.07, 6.45) is 1.05. The van der Waals surface area contributed by atoms with E-state index in [1.54, 1.807) is 7.11 Å². The molecule has 122 valence electrons. The van der Waals surface area contributed by atoms with Crippen molar-refractivity contribution in [3.63, 3.8) is 0 Å². The van der Waals surface area contributed by atoms with Crippen LogP contribution in [0.5, 0.6) is 11.5 Å². The number of anilines is 1. The smallest absolute Gasteiger partial charge is 0.224 e. The average Bonchev–Trinajstić information content (AvgIpc) is 2.56. The van der Waals surface area contributed by atoms with E-state index >= 15 is 0 Å². The SMILES string of the molecule is CCOc1ccc(CCC(=O)Nc2ccc(Br)cc2)cc1OC. The molecule has 0 bridgehead atoms. The molecule has 5 heteroatoms. The van der Waals surface area contributed by atoms with E-state index in [9.17, 15) is 4.79 Å². The number of halogens is 1. The van der Waals surface area contributed by atoms with E-state index in [-0.39, 0.29) is 5.91 Å². The van der Waals surface area contributed by atoms with E-state index in [2.05, 4.69) is 21.2 Å². The Balaban J connectivity index is 1.92. The highest BCUT2D eigenvalue weighted by Crippen LogP contribution is 2.28. The van der Waals surface area contributed by atoms with Gasteiger partial charge in [-0.15, -0.1) is 0 Å². The lowest BCUT2D eigenvalue weighted by Gasteiger charge is -2.11. The van der Waals surface area contributed by atoms with Gasteiger partial charge in [-0.1, -0.05) is 22.0 Å². The monoisotopic (exact) mass is 377 g/mol. The van der Waals surface area contributed by atoms with Gasteiger partial charge in [0.1, 0.15) is 0 Å². The van der Waals surface area contributed by atoms with Gasteiger partial charge in [-0.25, -0.2) is 0 Å². The summed E-state index contributed by atoms with van der Waals surface area (Å²) < 4.78 is 11.8. The molecule has 1 N–H and O–H groups in total. The van der Waals surface area contributed by atoms with Gasteiger partial charge in [-0.2, -0.15) is 0 Å². The van der Waals surface area contributed by atoms with Crippen LogP contribution >= 0.6 is 15.9 Å². The first-order chi connectivity index (χ1) is 11.1. The van der Waals surface area contributed by atoms with Crippen molar-refractivity contribution in [1.82, 2.24) is 0 Å². The van der Waals surface area contributed by atoms with Gasteiger partial charge in [0, 0.05) is 16.6 Å². The number of methoxy groups -OCH3 is 1. The number of benzene rings is 2. The maximum Gasteiger partial charge on any atom is 0.224 e. The molecule has 0 aliphatic rings. The van der Waals surface area contributed by atoms with Crippen molar-refractivity contribution in [2.24, 2.45) is 0 Å². The van der Waals surface area contributed by atoms with Crippen LogP contribution in [0.3, 0.4) is 0 Å². The molecule has 2 rings (SSSR count). The fraction of sp³-hybridized carbons (Fsp3) is 0.278. The fourth-order valence-corrected chi connectivity index (χ4v) is 2.42. The Morgan fingerprint density at radius 3 is 2.52 bits per heavy atom. The molecule has 2 aromatic rings. The molecule has 0 aliphatic heterocycles. The molecule has 4 nitrogen and oxygen atoms in total. The summed E-state index contributed by atoms with van der Waals surface area (Å²) in [6.45, 7) is 2.52. The van der Waals surface area contributed by atoms with E-state index < -0.39 is 0 Å². The Labute approximate surface area is 144 Å². The van der Waals surface area contributed by atoms with E-state index in [0.29, 0.717) is 25.2 Å². The predicted octanol–water partition coefficient (Wildman–Crippen LogP) is 4.43. The minimum Gasteiger partial charge on any atom is -0.493 e. The van der Waals surface area contributed by atoms with Crippen molar-refractivity contribution in [2.75, 3.05) is 19.0 Å². The summed E-state index contributed by atoms with van der Waals surface area (Å²) in [7, 11) is 1.61. The average molecular weight is 378 g/mol. The molecule has 0 saturated carbocycles. The predicted molar refractivity (Wildman–Crippen MR) is 95.3 cm³/mol. The summed E-state index contributed by atoms with van der Waals surface area (Å²) in [5, 5.41) is 2.88. The lowest BCUT2D eigenvalue weighted by molar-refractivity contribution is -0.116. The van der Waals surface area contributed by atoms with Gasteiger partial charge in [0.25, 0.3) is 0 Å². The number of amides is 1. The third-order valence-electron chi connectivity index (χ3n) is 3.30. The van der Waals surface area contributed by atoms with Gasteiger partial charge in [-0.05, 0) is 55.3 Å². The second-order valence-electron chi connectivity index (χ2n) is 4.97. The van der Waals surface area contributed by atoms with E-state index in [1.807, 2.05) is 49.4 Å². The number of carbonyl (C=O) groups excluding carboxylic acids is 1. The number of hydrogen-bond acceptors (Lipinski definition) is 3. The Kier molecular flexibility index (Phi) is 6.47. The number of carbonyl (C=O) groups is 1.